The maximum atomic E-state index is 11.2. The highest BCUT2D eigenvalue weighted by Crippen LogP contribution is 2.27. The van der Waals surface area contributed by atoms with Crippen LogP contribution in [0.15, 0.2) is 12.7 Å². The van der Waals surface area contributed by atoms with Gasteiger partial charge in [0.2, 0.25) is 0 Å². The average molecular weight is 282 g/mol. The summed E-state index contributed by atoms with van der Waals surface area (Å²) in [6.45, 7) is 5.94. The number of aliphatic hydroxyl groups is 1. The number of carbonyl (C=O) groups excluding carboxylic acids is 1. The third kappa shape index (κ3) is 6.08. The summed E-state index contributed by atoms with van der Waals surface area (Å²) in [7, 11) is 0. The summed E-state index contributed by atoms with van der Waals surface area (Å²) >= 11 is 0. The first-order chi connectivity index (χ1) is 9.69. The number of hydrogen-bond acceptors (Lipinski definition) is 3. The fraction of sp³-hybridized carbons (Fsp3) is 0.824. The second kappa shape index (κ2) is 9.98. The molecule has 0 unspecified atom stereocenters. The van der Waals surface area contributed by atoms with Crippen molar-refractivity contribution < 1.29 is 14.6 Å². The third-order valence-electron chi connectivity index (χ3n) is 4.13. The number of unbranched alkanes of at least 4 members (excludes halogenated alkanes) is 7. The zero-order valence-electron chi connectivity index (χ0n) is 12.9. The van der Waals surface area contributed by atoms with Gasteiger partial charge in [-0.2, -0.15) is 0 Å². The van der Waals surface area contributed by atoms with Gasteiger partial charge >= 0.3 is 5.97 Å². The highest BCUT2D eigenvalue weighted by atomic mass is 16.6. The van der Waals surface area contributed by atoms with Crippen molar-refractivity contribution in [3.05, 3.63) is 12.7 Å². The molecule has 3 atom stereocenters. The summed E-state index contributed by atoms with van der Waals surface area (Å²) in [4.78, 5) is 11.2. The number of esters is 1. The van der Waals surface area contributed by atoms with Gasteiger partial charge in [-0.25, -0.2) is 0 Å². The lowest BCUT2D eigenvalue weighted by atomic mass is 9.94. The van der Waals surface area contributed by atoms with Crippen molar-refractivity contribution in [2.24, 2.45) is 5.92 Å². The molecule has 3 nitrogen and oxygen atoms in total. The molecule has 1 saturated heterocycles. The van der Waals surface area contributed by atoms with E-state index in [4.69, 9.17) is 4.74 Å². The summed E-state index contributed by atoms with van der Waals surface area (Å²) < 4.78 is 5.19. The van der Waals surface area contributed by atoms with Gasteiger partial charge in [-0.15, -0.1) is 6.58 Å². The molecule has 0 aromatic carbocycles. The smallest absolute Gasteiger partial charge is 0.306 e. The van der Waals surface area contributed by atoms with Gasteiger partial charge in [0.1, 0.15) is 6.10 Å². The van der Waals surface area contributed by atoms with Crippen LogP contribution in [0.5, 0.6) is 0 Å². The van der Waals surface area contributed by atoms with Crippen LogP contribution in [-0.2, 0) is 9.53 Å². The van der Waals surface area contributed by atoms with Crippen molar-refractivity contribution in [3.8, 4) is 0 Å². The molecule has 0 aliphatic carbocycles. The minimum Gasteiger partial charge on any atom is -0.459 e. The van der Waals surface area contributed by atoms with E-state index in [-0.39, 0.29) is 18.0 Å². The Morgan fingerprint density at radius 1 is 1.25 bits per heavy atom. The van der Waals surface area contributed by atoms with Crippen molar-refractivity contribution in [3.63, 3.8) is 0 Å². The van der Waals surface area contributed by atoms with E-state index in [1.54, 1.807) is 6.08 Å². The Hall–Kier alpha value is -0.830. The minimum atomic E-state index is -0.537. The maximum Gasteiger partial charge on any atom is 0.306 e. The molecule has 1 fully saturated rings. The summed E-state index contributed by atoms with van der Waals surface area (Å²) in [6.07, 6.45) is 11.9. The largest absolute Gasteiger partial charge is 0.459 e. The first kappa shape index (κ1) is 17.2. The monoisotopic (exact) mass is 282 g/mol. The third-order valence-corrected chi connectivity index (χ3v) is 4.13. The minimum absolute atomic E-state index is 0.0217. The quantitative estimate of drug-likeness (QED) is 0.354. The first-order valence-corrected chi connectivity index (χ1v) is 8.19. The Kier molecular flexibility index (Phi) is 8.59. The van der Waals surface area contributed by atoms with Crippen LogP contribution in [0.4, 0.5) is 0 Å². The van der Waals surface area contributed by atoms with Gasteiger partial charge in [0.25, 0.3) is 0 Å². The molecule has 0 aromatic rings. The Bertz CT molecular complexity index is 288. The Morgan fingerprint density at radius 2 is 1.85 bits per heavy atom. The van der Waals surface area contributed by atoms with Crippen LogP contribution in [0.1, 0.15) is 71.1 Å². The van der Waals surface area contributed by atoms with E-state index in [1.807, 2.05) is 0 Å². The molecule has 0 aromatic heterocycles. The topological polar surface area (TPSA) is 46.5 Å². The van der Waals surface area contributed by atoms with E-state index in [9.17, 15) is 9.90 Å². The maximum absolute atomic E-state index is 11.2. The van der Waals surface area contributed by atoms with Gasteiger partial charge in [-0.3, -0.25) is 4.79 Å². The van der Waals surface area contributed by atoms with Crippen LogP contribution in [0.3, 0.4) is 0 Å². The van der Waals surface area contributed by atoms with E-state index < -0.39 is 6.10 Å². The van der Waals surface area contributed by atoms with Crippen molar-refractivity contribution in [2.45, 2.75) is 83.3 Å². The van der Waals surface area contributed by atoms with Crippen molar-refractivity contribution >= 4 is 5.97 Å². The molecule has 0 spiro atoms. The van der Waals surface area contributed by atoms with Gasteiger partial charge < -0.3 is 9.84 Å². The van der Waals surface area contributed by atoms with Gasteiger partial charge in [-0.05, 0) is 6.42 Å². The van der Waals surface area contributed by atoms with Crippen LogP contribution < -0.4 is 0 Å². The molecular weight excluding hydrogens is 252 g/mol. The summed E-state index contributed by atoms with van der Waals surface area (Å²) in [5.74, 6) is -0.235. The van der Waals surface area contributed by atoms with Gasteiger partial charge in [-0.1, -0.05) is 64.4 Å². The fourth-order valence-corrected chi connectivity index (χ4v) is 2.83. The Labute approximate surface area is 123 Å². The lowest BCUT2D eigenvalue weighted by Gasteiger charge is -2.20. The average Bonchev–Trinajstić information content (AvgIpc) is 2.83. The molecule has 1 heterocycles. The lowest BCUT2D eigenvalue weighted by molar-refractivity contribution is -0.145. The number of hydrogen-bond donors (Lipinski definition) is 1. The van der Waals surface area contributed by atoms with E-state index in [2.05, 4.69) is 13.5 Å². The predicted octanol–water partition coefficient (Wildman–Crippen LogP) is 4.00. The zero-order chi connectivity index (χ0) is 14.8. The van der Waals surface area contributed by atoms with Gasteiger partial charge in [0.15, 0.2) is 0 Å². The highest BCUT2D eigenvalue weighted by Gasteiger charge is 2.37. The molecule has 1 aliphatic rings. The van der Waals surface area contributed by atoms with Gasteiger partial charge in [0.05, 0.1) is 12.5 Å². The van der Waals surface area contributed by atoms with E-state index in [0.717, 1.165) is 19.3 Å². The molecule has 0 radical (unpaired) electrons. The molecule has 20 heavy (non-hydrogen) atoms. The van der Waals surface area contributed by atoms with E-state index in [1.165, 1.54) is 38.5 Å². The first-order valence-electron chi connectivity index (χ1n) is 8.19. The van der Waals surface area contributed by atoms with Crippen LogP contribution in [0.2, 0.25) is 0 Å². The van der Waals surface area contributed by atoms with Crippen molar-refractivity contribution in [2.75, 3.05) is 0 Å². The molecule has 1 aliphatic heterocycles. The Morgan fingerprint density at radius 3 is 2.45 bits per heavy atom. The zero-order valence-corrected chi connectivity index (χ0v) is 12.9. The molecule has 1 N–H and O–H groups in total. The lowest BCUT2D eigenvalue weighted by Crippen LogP contribution is -2.30. The number of aliphatic hydroxyl groups excluding tert-OH is 1. The molecule has 0 bridgehead atoms. The number of cyclic esters (lactones) is 1. The molecule has 0 saturated carbocycles. The number of ether oxygens (including phenoxy) is 1. The second-order valence-electron chi connectivity index (χ2n) is 5.89. The molecule has 116 valence electrons. The van der Waals surface area contributed by atoms with Crippen LogP contribution in [-0.4, -0.2) is 23.3 Å². The molecule has 1 rings (SSSR count). The van der Waals surface area contributed by atoms with E-state index in [0.29, 0.717) is 6.42 Å². The standard InChI is InChI=1S/C17H30O3/c1-3-5-6-7-8-9-10-11-12-15(18)17-14(4-2)13-16(19)20-17/h4,14-15,17-18H,2-3,5-13H2,1H3/t14-,15-,17-/m0/s1. The van der Waals surface area contributed by atoms with Crippen LogP contribution >= 0.6 is 0 Å². The van der Waals surface area contributed by atoms with Gasteiger partial charge in [0, 0.05) is 5.92 Å². The highest BCUT2D eigenvalue weighted by molar-refractivity contribution is 5.72. The van der Waals surface area contributed by atoms with E-state index >= 15 is 0 Å². The predicted molar refractivity (Wildman–Crippen MR) is 81.4 cm³/mol. The van der Waals surface area contributed by atoms with Crippen molar-refractivity contribution in [1.82, 2.24) is 0 Å². The summed E-state index contributed by atoms with van der Waals surface area (Å²) in [5, 5.41) is 10.1. The fourth-order valence-electron chi connectivity index (χ4n) is 2.83. The molecule has 0 amide bonds. The number of rotatable bonds is 11. The van der Waals surface area contributed by atoms with Crippen molar-refractivity contribution in [1.29, 1.82) is 0 Å². The number of carbonyl (C=O) groups is 1. The molecule has 3 heteroatoms. The summed E-state index contributed by atoms with van der Waals surface area (Å²) in [6, 6.07) is 0. The second-order valence-corrected chi connectivity index (χ2v) is 5.89. The Balaban J connectivity index is 2.06. The van der Waals surface area contributed by atoms with Crippen LogP contribution in [0, 0.1) is 5.92 Å². The summed E-state index contributed by atoms with van der Waals surface area (Å²) in [5.41, 5.74) is 0. The molecular formula is C17H30O3. The SMILES string of the molecule is C=C[C@H]1CC(=O)O[C@@H]1[C@@H](O)CCCCCCCCCC. The normalized spacial score (nSPS) is 23.6. The van der Waals surface area contributed by atoms with Crippen LogP contribution in [0.25, 0.3) is 0 Å².